The van der Waals surface area contributed by atoms with Gasteiger partial charge in [0.25, 0.3) is 0 Å². The standard InChI is InChI=1S/C15H12Cl2O3/c1-2-19-10-6-8-11(9-7-10)20-15(18)12-4-3-5-13(16)14(12)17/h3-9H,2H2,1H3. The highest BCUT2D eigenvalue weighted by atomic mass is 35.5. The Bertz CT molecular complexity index is 609. The highest BCUT2D eigenvalue weighted by Crippen LogP contribution is 2.27. The lowest BCUT2D eigenvalue weighted by Crippen LogP contribution is -2.09. The molecule has 0 radical (unpaired) electrons. The smallest absolute Gasteiger partial charge is 0.345 e. The highest BCUT2D eigenvalue weighted by molar-refractivity contribution is 6.43. The number of esters is 1. The topological polar surface area (TPSA) is 35.5 Å². The van der Waals surface area contributed by atoms with Crippen LogP contribution in [-0.4, -0.2) is 12.6 Å². The van der Waals surface area contributed by atoms with Gasteiger partial charge in [-0.05, 0) is 43.3 Å². The van der Waals surface area contributed by atoms with Gasteiger partial charge in [-0.15, -0.1) is 0 Å². The van der Waals surface area contributed by atoms with Gasteiger partial charge < -0.3 is 9.47 Å². The molecule has 0 aliphatic carbocycles. The predicted molar refractivity (Wildman–Crippen MR) is 79.0 cm³/mol. The lowest BCUT2D eigenvalue weighted by Gasteiger charge is -2.07. The molecule has 0 bridgehead atoms. The van der Waals surface area contributed by atoms with E-state index in [0.717, 1.165) is 0 Å². The van der Waals surface area contributed by atoms with Gasteiger partial charge in [0.15, 0.2) is 0 Å². The molecule has 5 heteroatoms. The molecule has 0 heterocycles. The number of hydrogen-bond acceptors (Lipinski definition) is 3. The van der Waals surface area contributed by atoms with E-state index in [1.807, 2.05) is 6.92 Å². The van der Waals surface area contributed by atoms with Crippen LogP contribution in [0.2, 0.25) is 10.0 Å². The molecule has 0 saturated heterocycles. The third-order valence-electron chi connectivity index (χ3n) is 2.52. The first kappa shape index (κ1) is 14.7. The number of rotatable bonds is 4. The third-order valence-corrected chi connectivity index (χ3v) is 3.34. The van der Waals surface area contributed by atoms with Gasteiger partial charge in [-0.2, -0.15) is 0 Å². The second kappa shape index (κ2) is 6.64. The van der Waals surface area contributed by atoms with Crippen LogP contribution in [0.15, 0.2) is 42.5 Å². The fourth-order valence-corrected chi connectivity index (χ4v) is 1.97. The van der Waals surface area contributed by atoms with Crippen molar-refractivity contribution < 1.29 is 14.3 Å². The maximum absolute atomic E-state index is 12.0. The van der Waals surface area contributed by atoms with Gasteiger partial charge in [-0.1, -0.05) is 29.3 Å². The Hall–Kier alpha value is -1.71. The second-order valence-electron chi connectivity index (χ2n) is 3.90. The maximum Gasteiger partial charge on any atom is 0.345 e. The Labute approximate surface area is 127 Å². The minimum absolute atomic E-state index is 0.185. The summed E-state index contributed by atoms with van der Waals surface area (Å²) in [5.41, 5.74) is 0.230. The van der Waals surface area contributed by atoms with Gasteiger partial charge in [0.05, 0.1) is 22.2 Å². The summed E-state index contributed by atoms with van der Waals surface area (Å²) in [7, 11) is 0. The molecular formula is C15H12Cl2O3. The van der Waals surface area contributed by atoms with Gasteiger partial charge in [0.2, 0.25) is 0 Å². The van der Waals surface area contributed by atoms with Gasteiger partial charge in [0, 0.05) is 0 Å². The van der Waals surface area contributed by atoms with Crippen molar-refractivity contribution in [2.75, 3.05) is 6.61 Å². The molecule has 0 atom stereocenters. The molecule has 20 heavy (non-hydrogen) atoms. The average Bonchev–Trinajstić information content (AvgIpc) is 2.44. The molecule has 2 aromatic rings. The molecule has 0 aliphatic heterocycles. The van der Waals surface area contributed by atoms with E-state index < -0.39 is 5.97 Å². The molecule has 0 aliphatic rings. The molecule has 2 aromatic carbocycles. The van der Waals surface area contributed by atoms with Gasteiger partial charge in [-0.25, -0.2) is 4.79 Å². The molecule has 0 N–H and O–H groups in total. The van der Waals surface area contributed by atoms with Crippen LogP contribution >= 0.6 is 23.2 Å². The van der Waals surface area contributed by atoms with E-state index in [4.69, 9.17) is 32.7 Å². The first-order valence-electron chi connectivity index (χ1n) is 6.01. The number of benzene rings is 2. The van der Waals surface area contributed by atoms with Gasteiger partial charge >= 0.3 is 5.97 Å². The van der Waals surface area contributed by atoms with Crippen LogP contribution in [0.4, 0.5) is 0 Å². The fraction of sp³-hybridized carbons (Fsp3) is 0.133. The van der Waals surface area contributed by atoms with Gasteiger partial charge in [0.1, 0.15) is 11.5 Å². The summed E-state index contributed by atoms with van der Waals surface area (Å²) < 4.78 is 10.5. The Morgan fingerprint density at radius 1 is 1.05 bits per heavy atom. The van der Waals surface area contributed by atoms with E-state index in [0.29, 0.717) is 23.1 Å². The molecule has 0 saturated carbocycles. The lowest BCUT2D eigenvalue weighted by molar-refractivity contribution is 0.0735. The van der Waals surface area contributed by atoms with Crippen LogP contribution in [0.25, 0.3) is 0 Å². The predicted octanol–water partition coefficient (Wildman–Crippen LogP) is 4.61. The molecule has 0 fully saturated rings. The summed E-state index contributed by atoms with van der Waals surface area (Å²) in [4.78, 5) is 12.0. The van der Waals surface area contributed by atoms with Crippen molar-refractivity contribution in [3.05, 3.63) is 58.1 Å². The quantitative estimate of drug-likeness (QED) is 0.611. The molecule has 0 amide bonds. The number of hydrogen-bond donors (Lipinski definition) is 0. The van der Waals surface area contributed by atoms with Crippen LogP contribution in [0.1, 0.15) is 17.3 Å². The zero-order valence-electron chi connectivity index (χ0n) is 10.7. The van der Waals surface area contributed by atoms with E-state index in [1.165, 1.54) is 0 Å². The van der Waals surface area contributed by atoms with E-state index in [9.17, 15) is 4.79 Å². The Morgan fingerprint density at radius 3 is 2.35 bits per heavy atom. The van der Waals surface area contributed by atoms with Crippen molar-refractivity contribution in [1.29, 1.82) is 0 Å². The molecule has 0 spiro atoms. The largest absolute Gasteiger partial charge is 0.494 e. The fourth-order valence-electron chi connectivity index (χ4n) is 1.59. The van der Waals surface area contributed by atoms with Crippen molar-refractivity contribution in [3.63, 3.8) is 0 Å². The van der Waals surface area contributed by atoms with Crippen LogP contribution in [0, 0.1) is 0 Å². The van der Waals surface area contributed by atoms with Crippen molar-refractivity contribution in [2.45, 2.75) is 6.92 Å². The molecule has 104 valence electrons. The van der Waals surface area contributed by atoms with Crippen molar-refractivity contribution >= 4 is 29.2 Å². The first-order valence-corrected chi connectivity index (χ1v) is 6.76. The maximum atomic E-state index is 12.0. The highest BCUT2D eigenvalue weighted by Gasteiger charge is 2.14. The van der Waals surface area contributed by atoms with E-state index in [-0.39, 0.29) is 10.6 Å². The SMILES string of the molecule is CCOc1ccc(OC(=O)c2cccc(Cl)c2Cl)cc1. The van der Waals surface area contributed by atoms with Gasteiger partial charge in [-0.3, -0.25) is 0 Å². The Balaban J connectivity index is 2.13. The summed E-state index contributed by atoms with van der Waals surface area (Å²) in [6.45, 7) is 2.48. The van der Waals surface area contributed by atoms with Crippen molar-refractivity contribution in [3.8, 4) is 11.5 Å². The molecule has 0 unspecified atom stereocenters. The van der Waals surface area contributed by atoms with Crippen molar-refractivity contribution in [2.24, 2.45) is 0 Å². The Kier molecular flexibility index (Phi) is 4.88. The monoisotopic (exact) mass is 310 g/mol. The van der Waals surface area contributed by atoms with E-state index >= 15 is 0 Å². The minimum atomic E-state index is -0.554. The number of carbonyl (C=O) groups excluding carboxylic acids is 1. The summed E-state index contributed by atoms with van der Waals surface area (Å²) in [5, 5.41) is 0.498. The number of carbonyl (C=O) groups is 1. The van der Waals surface area contributed by atoms with Crippen LogP contribution in [0.3, 0.4) is 0 Å². The molecule has 2 rings (SSSR count). The lowest BCUT2D eigenvalue weighted by atomic mass is 10.2. The Morgan fingerprint density at radius 2 is 1.70 bits per heavy atom. The summed E-state index contributed by atoms with van der Waals surface area (Å²) in [6.07, 6.45) is 0. The first-order chi connectivity index (χ1) is 9.61. The second-order valence-corrected chi connectivity index (χ2v) is 4.68. The normalized spacial score (nSPS) is 10.2. The minimum Gasteiger partial charge on any atom is -0.494 e. The number of ether oxygens (including phenoxy) is 2. The summed E-state index contributed by atoms with van der Waals surface area (Å²) in [5.74, 6) is 0.573. The van der Waals surface area contributed by atoms with E-state index in [2.05, 4.69) is 0 Å². The van der Waals surface area contributed by atoms with Crippen LogP contribution in [-0.2, 0) is 0 Å². The number of halogens is 2. The van der Waals surface area contributed by atoms with Crippen LogP contribution < -0.4 is 9.47 Å². The zero-order chi connectivity index (χ0) is 14.5. The summed E-state index contributed by atoms with van der Waals surface area (Å²) in [6, 6.07) is 11.6. The van der Waals surface area contributed by atoms with E-state index in [1.54, 1.807) is 42.5 Å². The third kappa shape index (κ3) is 3.44. The molecule has 0 aromatic heterocycles. The molecular weight excluding hydrogens is 299 g/mol. The van der Waals surface area contributed by atoms with Crippen LogP contribution in [0.5, 0.6) is 11.5 Å². The average molecular weight is 311 g/mol. The molecule has 3 nitrogen and oxygen atoms in total. The zero-order valence-corrected chi connectivity index (χ0v) is 12.2. The van der Waals surface area contributed by atoms with Crippen molar-refractivity contribution in [1.82, 2.24) is 0 Å². The summed E-state index contributed by atoms with van der Waals surface area (Å²) >= 11 is 11.8.